The summed E-state index contributed by atoms with van der Waals surface area (Å²) >= 11 is 0. The molecule has 0 aliphatic heterocycles. The lowest BCUT2D eigenvalue weighted by atomic mass is 9.79. The summed E-state index contributed by atoms with van der Waals surface area (Å²) in [4.78, 5) is 23.3. The van der Waals surface area contributed by atoms with Crippen LogP contribution in [-0.4, -0.2) is 29.1 Å². The van der Waals surface area contributed by atoms with Crippen LogP contribution in [0.3, 0.4) is 0 Å². The number of ether oxygens (including phenoxy) is 2. The highest BCUT2D eigenvalue weighted by atomic mass is 19.3. The standard InChI is InChI=1S/C19H24F2O5/c1-17(2,3)25-14-9-7-13(8-10-14)15(22)26-18(11-5-4-6-12-18)19(20,21)16(23)24/h7-10H,4-6,11-12H2,1-3H3,(H,23,24)/p-1. The molecule has 2 rings (SSSR count). The first-order valence-corrected chi connectivity index (χ1v) is 8.59. The number of esters is 1. The predicted octanol–water partition coefficient (Wildman–Crippen LogP) is 3.11. The summed E-state index contributed by atoms with van der Waals surface area (Å²) in [5, 5.41) is 11.0. The molecule has 0 aromatic heterocycles. The minimum Gasteiger partial charge on any atom is -0.544 e. The smallest absolute Gasteiger partial charge is 0.338 e. The minimum atomic E-state index is -4.25. The third-order valence-electron chi connectivity index (χ3n) is 4.29. The second-order valence-electron chi connectivity index (χ2n) is 7.55. The number of carboxylic acids is 1. The molecule has 0 atom stereocenters. The maximum absolute atomic E-state index is 14.3. The summed E-state index contributed by atoms with van der Waals surface area (Å²) in [6, 6.07) is 5.87. The molecule has 0 heterocycles. The maximum Gasteiger partial charge on any atom is 0.338 e. The lowest BCUT2D eigenvalue weighted by molar-refractivity contribution is -0.345. The number of halogens is 2. The number of carbonyl (C=O) groups excluding carboxylic acids is 2. The Balaban J connectivity index is 2.21. The van der Waals surface area contributed by atoms with Crippen molar-refractivity contribution in [3.05, 3.63) is 29.8 Å². The van der Waals surface area contributed by atoms with E-state index >= 15 is 0 Å². The molecular formula is C19H23F2O5-. The Morgan fingerprint density at radius 2 is 1.58 bits per heavy atom. The highest BCUT2D eigenvalue weighted by Crippen LogP contribution is 2.44. The Morgan fingerprint density at radius 3 is 2.04 bits per heavy atom. The summed E-state index contributed by atoms with van der Waals surface area (Å²) in [6.45, 7) is 5.60. The van der Waals surface area contributed by atoms with E-state index in [0.29, 0.717) is 25.0 Å². The average Bonchev–Trinajstić information content (AvgIpc) is 2.54. The van der Waals surface area contributed by atoms with Gasteiger partial charge >= 0.3 is 11.9 Å². The van der Waals surface area contributed by atoms with E-state index < -0.39 is 29.1 Å². The highest BCUT2D eigenvalue weighted by molar-refractivity contribution is 5.90. The quantitative estimate of drug-likeness (QED) is 0.746. The van der Waals surface area contributed by atoms with E-state index in [1.807, 2.05) is 20.8 Å². The van der Waals surface area contributed by atoms with Crippen LogP contribution in [0.25, 0.3) is 0 Å². The molecule has 26 heavy (non-hydrogen) atoms. The molecular weight excluding hydrogens is 346 g/mol. The molecule has 0 spiro atoms. The second kappa shape index (κ2) is 7.21. The van der Waals surface area contributed by atoms with Crippen molar-refractivity contribution in [3.8, 4) is 5.75 Å². The Kier molecular flexibility index (Phi) is 5.58. The summed E-state index contributed by atoms with van der Waals surface area (Å²) < 4.78 is 39.2. The Labute approximate surface area is 151 Å². The number of alkyl halides is 2. The van der Waals surface area contributed by atoms with Crippen LogP contribution in [-0.2, 0) is 9.53 Å². The molecule has 1 fully saturated rings. The monoisotopic (exact) mass is 369 g/mol. The van der Waals surface area contributed by atoms with Crippen LogP contribution in [0.4, 0.5) is 8.78 Å². The van der Waals surface area contributed by atoms with Gasteiger partial charge in [-0.1, -0.05) is 6.42 Å². The molecule has 1 saturated carbocycles. The van der Waals surface area contributed by atoms with Gasteiger partial charge in [-0.05, 0) is 70.7 Å². The summed E-state index contributed by atoms with van der Waals surface area (Å²) in [5.74, 6) is -7.25. The van der Waals surface area contributed by atoms with Gasteiger partial charge in [-0.3, -0.25) is 0 Å². The molecule has 5 nitrogen and oxygen atoms in total. The van der Waals surface area contributed by atoms with Gasteiger partial charge in [-0.25, -0.2) is 4.79 Å². The van der Waals surface area contributed by atoms with Crippen molar-refractivity contribution < 1.29 is 33.0 Å². The number of hydrogen-bond acceptors (Lipinski definition) is 5. The molecule has 1 aromatic carbocycles. The van der Waals surface area contributed by atoms with Crippen molar-refractivity contribution in [3.63, 3.8) is 0 Å². The third-order valence-corrected chi connectivity index (χ3v) is 4.29. The van der Waals surface area contributed by atoms with Crippen molar-refractivity contribution in [2.75, 3.05) is 0 Å². The van der Waals surface area contributed by atoms with Crippen LogP contribution < -0.4 is 9.84 Å². The van der Waals surface area contributed by atoms with Gasteiger partial charge in [0, 0.05) is 0 Å². The van der Waals surface area contributed by atoms with Crippen LogP contribution in [0.1, 0.15) is 63.2 Å². The van der Waals surface area contributed by atoms with E-state index in [2.05, 4.69) is 0 Å². The van der Waals surface area contributed by atoms with Crippen LogP contribution >= 0.6 is 0 Å². The van der Waals surface area contributed by atoms with Crippen molar-refractivity contribution in [1.82, 2.24) is 0 Å². The van der Waals surface area contributed by atoms with Crippen LogP contribution in [0.2, 0.25) is 0 Å². The molecule has 0 radical (unpaired) electrons. The minimum absolute atomic E-state index is 0.0466. The van der Waals surface area contributed by atoms with E-state index in [-0.39, 0.29) is 18.4 Å². The first-order valence-electron chi connectivity index (χ1n) is 8.59. The van der Waals surface area contributed by atoms with E-state index in [9.17, 15) is 23.5 Å². The molecule has 1 aliphatic rings. The molecule has 1 aromatic rings. The Morgan fingerprint density at radius 1 is 1.04 bits per heavy atom. The summed E-state index contributed by atoms with van der Waals surface area (Å²) in [7, 11) is 0. The van der Waals surface area contributed by atoms with Crippen molar-refractivity contribution in [1.29, 1.82) is 0 Å². The number of carboxylic acid groups (broad SMARTS) is 1. The Hall–Kier alpha value is -2.18. The number of carbonyl (C=O) groups is 2. The van der Waals surface area contributed by atoms with Crippen molar-refractivity contribution in [2.45, 2.75) is 70.0 Å². The predicted molar refractivity (Wildman–Crippen MR) is 88.0 cm³/mol. The van der Waals surface area contributed by atoms with Gasteiger partial charge < -0.3 is 19.4 Å². The molecule has 1 aliphatic carbocycles. The maximum atomic E-state index is 14.3. The fourth-order valence-electron chi connectivity index (χ4n) is 3.04. The zero-order valence-corrected chi connectivity index (χ0v) is 15.1. The molecule has 0 bridgehead atoms. The van der Waals surface area contributed by atoms with Gasteiger partial charge in [0.2, 0.25) is 0 Å². The second-order valence-corrected chi connectivity index (χ2v) is 7.55. The zero-order chi connectivity index (χ0) is 19.6. The zero-order valence-electron chi connectivity index (χ0n) is 15.1. The fraction of sp³-hybridized carbons (Fsp3) is 0.579. The van der Waals surface area contributed by atoms with Gasteiger partial charge in [-0.15, -0.1) is 0 Å². The molecule has 144 valence electrons. The fourth-order valence-corrected chi connectivity index (χ4v) is 3.04. The topological polar surface area (TPSA) is 75.7 Å². The first kappa shape index (κ1) is 20.1. The van der Waals surface area contributed by atoms with Crippen molar-refractivity contribution >= 4 is 11.9 Å². The lowest BCUT2D eigenvalue weighted by Crippen LogP contribution is -2.61. The molecule has 0 amide bonds. The van der Waals surface area contributed by atoms with Gasteiger partial charge in [0.15, 0.2) is 5.60 Å². The molecule has 0 saturated heterocycles. The van der Waals surface area contributed by atoms with Crippen LogP contribution in [0, 0.1) is 0 Å². The number of aliphatic carboxylic acids is 1. The molecule has 7 heteroatoms. The number of hydrogen-bond donors (Lipinski definition) is 0. The number of benzene rings is 1. The summed E-state index contributed by atoms with van der Waals surface area (Å²) in [5.41, 5.74) is -2.75. The number of rotatable bonds is 5. The van der Waals surface area contributed by atoms with E-state index in [4.69, 9.17) is 9.47 Å². The van der Waals surface area contributed by atoms with Crippen LogP contribution in [0.5, 0.6) is 5.75 Å². The van der Waals surface area contributed by atoms with Gasteiger partial charge in [0.05, 0.1) is 5.56 Å². The third kappa shape index (κ3) is 4.31. The average molecular weight is 369 g/mol. The van der Waals surface area contributed by atoms with E-state index in [0.717, 1.165) is 0 Å². The molecule has 0 N–H and O–H groups in total. The molecule has 0 unspecified atom stereocenters. The highest BCUT2D eigenvalue weighted by Gasteiger charge is 2.58. The summed E-state index contributed by atoms with van der Waals surface area (Å²) in [6.07, 6.45) is 0.958. The van der Waals surface area contributed by atoms with Gasteiger partial charge in [0.1, 0.15) is 17.3 Å². The normalized spacial score (nSPS) is 17.4. The van der Waals surface area contributed by atoms with E-state index in [1.165, 1.54) is 24.3 Å². The SMILES string of the molecule is CC(C)(C)Oc1ccc(C(=O)OC2(C(F)(F)C(=O)[O-])CCCCC2)cc1. The van der Waals surface area contributed by atoms with E-state index in [1.54, 1.807) is 0 Å². The van der Waals surface area contributed by atoms with Crippen LogP contribution in [0.15, 0.2) is 24.3 Å². The largest absolute Gasteiger partial charge is 0.544 e. The lowest BCUT2D eigenvalue weighted by Gasteiger charge is -2.42. The first-order chi connectivity index (χ1) is 12.0. The Bertz CT molecular complexity index is 656. The van der Waals surface area contributed by atoms with Gasteiger partial charge in [-0.2, -0.15) is 8.78 Å². The van der Waals surface area contributed by atoms with Gasteiger partial charge in [0.25, 0.3) is 0 Å². The van der Waals surface area contributed by atoms with Crippen molar-refractivity contribution in [2.24, 2.45) is 0 Å².